The maximum absolute atomic E-state index is 12.3. The van der Waals surface area contributed by atoms with Crippen molar-refractivity contribution in [2.24, 2.45) is 0 Å². The molecule has 0 bridgehead atoms. The molecule has 0 saturated carbocycles. The molecule has 2 rings (SSSR count). The second-order valence-electron chi connectivity index (χ2n) is 4.75. The summed E-state index contributed by atoms with van der Waals surface area (Å²) in [6, 6.07) is 7.42. The van der Waals surface area contributed by atoms with Crippen LogP contribution in [0.5, 0.6) is 0 Å². The summed E-state index contributed by atoms with van der Waals surface area (Å²) < 4.78 is 28.7. The third kappa shape index (κ3) is 4.19. The maximum atomic E-state index is 12.3. The van der Waals surface area contributed by atoms with Crippen molar-refractivity contribution < 1.29 is 8.42 Å². The highest BCUT2D eigenvalue weighted by atomic mass is 79.9. The van der Waals surface area contributed by atoms with E-state index in [-0.39, 0.29) is 0 Å². The molecule has 1 N–H and O–H groups in total. The zero-order valence-corrected chi connectivity index (χ0v) is 13.2. The molecule has 19 heavy (non-hydrogen) atoms. The number of alkyl halides is 1. The van der Waals surface area contributed by atoms with E-state index in [1.807, 2.05) is 12.1 Å². The van der Waals surface area contributed by atoms with Gasteiger partial charge < -0.3 is 0 Å². The average Bonchev–Trinajstić information content (AvgIpc) is 2.68. The summed E-state index contributed by atoms with van der Waals surface area (Å²) in [6.07, 6.45) is 4.13. The van der Waals surface area contributed by atoms with Gasteiger partial charge in [-0.2, -0.15) is 12.7 Å². The van der Waals surface area contributed by atoms with E-state index >= 15 is 0 Å². The Kier molecular flexibility index (Phi) is 5.24. The van der Waals surface area contributed by atoms with Crippen LogP contribution in [0.3, 0.4) is 0 Å². The third-order valence-electron chi connectivity index (χ3n) is 3.26. The summed E-state index contributed by atoms with van der Waals surface area (Å²) >= 11 is 3.37. The van der Waals surface area contributed by atoms with Crippen LogP contribution < -0.4 is 4.72 Å². The number of hydrogen-bond donors (Lipinski definition) is 1. The third-order valence-corrected chi connectivity index (χ3v) is 5.45. The lowest BCUT2D eigenvalue weighted by Crippen LogP contribution is -2.36. The van der Waals surface area contributed by atoms with Gasteiger partial charge in [-0.3, -0.25) is 4.72 Å². The first-order chi connectivity index (χ1) is 9.12. The first kappa shape index (κ1) is 14.8. The van der Waals surface area contributed by atoms with Gasteiger partial charge in [0.15, 0.2) is 0 Å². The van der Waals surface area contributed by atoms with Crippen molar-refractivity contribution in [3.8, 4) is 0 Å². The average molecular weight is 347 g/mol. The lowest BCUT2D eigenvalue weighted by molar-refractivity contribution is 0.427. The quantitative estimate of drug-likeness (QED) is 0.851. The molecule has 1 aromatic carbocycles. The molecule has 0 aliphatic carbocycles. The van der Waals surface area contributed by atoms with Crippen molar-refractivity contribution >= 4 is 31.8 Å². The van der Waals surface area contributed by atoms with Crippen LogP contribution >= 0.6 is 15.9 Å². The number of benzene rings is 1. The highest BCUT2D eigenvalue weighted by Crippen LogP contribution is 2.17. The fourth-order valence-electron chi connectivity index (χ4n) is 2.16. The predicted octanol–water partition coefficient (Wildman–Crippen LogP) is 3.11. The van der Waals surface area contributed by atoms with Gasteiger partial charge in [-0.1, -0.05) is 40.9 Å². The Morgan fingerprint density at radius 3 is 2.16 bits per heavy atom. The minimum absolute atomic E-state index is 0.619. The minimum atomic E-state index is -3.41. The first-order valence-corrected chi connectivity index (χ1v) is 9.11. The summed E-state index contributed by atoms with van der Waals surface area (Å²) in [6.45, 7) is 1.24. The zero-order chi connectivity index (χ0) is 13.7. The van der Waals surface area contributed by atoms with Gasteiger partial charge in [0, 0.05) is 24.1 Å². The van der Waals surface area contributed by atoms with Gasteiger partial charge in [-0.05, 0) is 30.5 Å². The van der Waals surface area contributed by atoms with E-state index in [4.69, 9.17) is 0 Å². The molecule has 6 heteroatoms. The summed E-state index contributed by atoms with van der Waals surface area (Å²) in [7, 11) is -3.41. The van der Waals surface area contributed by atoms with Crippen LogP contribution in [0.4, 0.5) is 5.69 Å². The Morgan fingerprint density at radius 2 is 1.63 bits per heavy atom. The van der Waals surface area contributed by atoms with E-state index in [0.29, 0.717) is 18.8 Å². The Morgan fingerprint density at radius 1 is 1.05 bits per heavy atom. The van der Waals surface area contributed by atoms with Crippen molar-refractivity contribution in [1.82, 2.24) is 4.31 Å². The number of nitrogens with one attached hydrogen (secondary N) is 1. The van der Waals surface area contributed by atoms with E-state index in [1.165, 1.54) is 0 Å². The highest BCUT2D eigenvalue weighted by Gasteiger charge is 2.22. The minimum Gasteiger partial charge on any atom is -0.271 e. The second-order valence-corrected chi connectivity index (χ2v) is 6.98. The number of rotatable bonds is 4. The second kappa shape index (κ2) is 6.72. The van der Waals surface area contributed by atoms with Crippen LogP contribution in [0, 0.1) is 0 Å². The number of anilines is 1. The molecule has 1 aliphatic rings. The molecule has 0 aromatic heterocycles. The standard InChI is InChI=1S/C13H19BrN2O2S/c14-11-12-5-7-13(8-6-12)15-19(17,18)16-9-3-1-2-4-10-16/h5-8,15H,1-4,9-11H2. The molecule has 1 fully saturated rings. The van der Waals surface area contributed by atoms with Crippen LogP contribution in [-0.2, 0) is 15.5 Å². The molecular formula is C13H19BrN2O2S. The van der Waals surface area contributed by atoms with Gasteiger partial charge >= 0.3 is 10.2 Å². The van der Waals surface area contributed by atoms with E-state index in [1.54, 1.807) is 16.4 Å². The largest absolute Gasteiger partial charge is 0.301 e. The van der Waals surface area contributed by atoms with Crippen LogP contribution in [-0.4, -0.2) is 25.8 Å². The van der Waals surface area contributed by atoms with Crippen LogP contribution in [0.25, 0.3) is 0 Å². The van der Waals surface area contributed by atoms with Crippen LogP contribution in [0.2, 0.25) is 0 Å². The van der Waals surface area contributed by atoms with Gasteiger partial charge in [0.1, 0.15) is 0 Å². The molecule has 106 valence electrons. The molecule has 4 nitrogen and oxygen atoms in total. The monoisotopic (exact) mass is 346 g/mol. The Balaban J connectivity index is 2.06. The number of hydrogen-bond acceptors (Lipinski definition) is 2. The van der Waals surface area contributed by atoms with Gasteiger partial charge in [0.2, 0.25) is 0 Å². The van der Waals surface area contributed by atoms with Gasteiger partial charge in [0.25, 0.3) is 0 Å². The molecule has 0 spiro atoms. The summed E-state index contributed by atoms with van der Waals surface area (Å²) in [5.74, 6) is 0. The summed E-state index contributed by atoms with van der Waals surface area (Å²) in [5.41, 5.74) is 1.74. The molecular weight excluding hydrogens is 328 g/mol. The van der Waals surface area contributed by atoms with Crippen molar-refractivity contribution in [3.05, 3.63) is 29.8 Å². The van der Waals surface area contributed by atoms with E-state index < -0.39 is 10.2 Å². The fraction of sp³-hybridized carbons (Fsp3) is 0.538. The first-order valence-electron chi connectivity index (χ1n) is 6.54. The lowest BCUT2D eigenvalue weighted by Gasteiger charge is -2.20. The van der Waals surface area contributed by atoms with E-state index in [2.05, 4.69) is 20.7 Å². The van der Waals surface area contributed by atoms with E-state index in [9.17, 15) is 8.42 Å². The lowest BCUT2D eigenvalue weighted by atomic mass is 10.2. The fourth-order valence-corrected chi connectivity index (χ4v) is 3.83. The predicted molar refractivity (Wildman–Crippen MR) is 81.7 cm³/mol. The van der Waals surface area contributed by atoms with Gasteiger partial charge in [0.05, 0.1) is 0 Å². The molecule has 0 radical (unpaired) electrons. The Labute approximate surface area is 123 Å². The van der Waals surface area contributed by atoms with Crippen LogP contribution in [0.15, 0.2) is 24.3 Å². The maximum Gasteiger partial charge on any atom is 0.301 e. The molecule has 0 unspecified atom stereocenters. The normalized spacial score (nSPS) is 17.9. The Bertz CT molecular complexity index is 494. The van der Waals surface area contributed by atoms with Crippen molar-refractivity contribution in [1.29, 1.82) is 0 Å². The topological polar surface area (TPSA) is 49.4 Å². The molecule has 0 atom stereocenters. The zero-order valence-electron chi connectivity index (χ0n) is 10.8. The molecule has 1 aromatic rings. The number of nitrogens with zero attached hydrogens (tertiary/aromatic N) is 1. The summed E-state index contributed by atoms with van der Waals surface area (Å²) in [4.78, 5) is 0. The van der Waals surface area contributed by atoms with Gasteiger partial charge in [-0.15, -0.1) is 0 Å². The van der Waals surface area contributed by atoms with E-state index in [0.717, 1.165) is 36.6 Å². The SMILES string of the molecule is O=S(=O)(Nc1ccc(CBr)cc1)N1CCCCCC1. The smallest absolute Gasteiger partial charge is 0.271 e. The summed E-state index contributed by atoms with van der Waals surface area (Å²) in [5, 5.41) is 0.770. The van der Waals surface area contributed by atoms with Crippen molar-refractivity contribution in [2.45, 2.75) is 31.0 Å². The highest BCUT2D eigenvalue weighted by molar-refractivity contribution is 9.08. The number of halogens is 1. The molecule has 0 amide bonds. The van der Waals surface area contributed by atoms with Crippen molar-refractivity contribution in [3.63, 3.8) is 0 Å². The van der Waals surface area contributed by atoms with Crippen LogP contribution in [0.1, 0.15) is 31.2 Å². The van der Waals surface area contributed by atoms with Crippen molar-refractivity contribution in [2.75, 3.05) is 17.8 Å². The molecule has 1 saturated heterocycles. The molecule has 1 aliphatic heterocycles. The van der Waals surface area contributed by atoms with Gasteiger partial charge in [-0.25, -0.2) is 0 Å². The Hall–Kier alpha value is -0.590. The molecule has 1 heterocycles.